The van der Waals surface area contributed by atoms with Crippen LogP contribution in [0, 0.1) is 10.1 Å². The lowest BCUT2D eigenvalue weighted by atomic mass is 9.95. The number of nitrogens with zero attached hydrogens (tertiary/aromatic N) is 1. The molecule has 144 valence electrons. The lowest BCUT2D eigenvalue weighted by Crippen LogP contribution is -2.45. The van der Waals surface area contributed by atoms with Crippen LogP contribution in [0.3, 0.4) is 0 Å². The molecule has 7 nitrogen and oxygen atoms in total. The molecule has 0 saturated heterocycles. The molecule has 1 atom stereocenters. The van der Waals surface area contributed by atoms with Gasteiger partial charge in [0.25, 0.3) is 11.6 Å². The van der Waals surface area contributed by atoms with Crippen molar-refractivity contribution < 1.29 is 9.72 Å². The van der Waals surface area contributed by atoms with Crippen molar-refractivity contribution in [2.24, 2.45) is 0 Å². The van der Waals surface area contributed by atoms with Crippen molar-refractivity contribution in [1.82, 2.24) is 10.6 Å². The number of benzene rings is 2. The Hall–Kier alpha value is -2.68. The van der Waals surface area contributed by atoms with Crippen molar-refractivity contribution in [3.63, 3.8) is 0 Å². The monoisotopic (exact) mass is 436 g/mol. The number of nitro groups is 1. The van der Waals surface area contributed by atoms with Crippen LogP contribution in [0.15, 0.2) is 53.7 Å². The van der Waals surface area contributed by atoms with Crippen molar-refractivity contribution in [3.8, 4) is 0 Å². The van der Waals surface area contributed by atoms with Crippen LogP contribution in [-0.4, -0.2) is 15.9 Å². The molecule has 0 bridgehead atoms. The first-order chi connectivity index (χ1) is 13.3. The summed E-state index contributed by atoms with van der Waals surface area (Å²) in [5, 5.41) is 20.7. The zero-order valence-corrected chi connectivity index (χ0v) is 16.8. The number of anilines is 1. The van der Waals surface area contributed by atoms with E-state index in [9.17, 15) is 14.9 Å². The Labute approximate surface area is 175 Å². The van der Waals surface area contributed by atoms with Gasteiger partial charge in [-0.3, -0.25) is 14.9 Å². The smallest absolute Gasteiger partial charge is 0.271 e. The van der Waals surface area contributed by atoms with E-state index >= 15 is 0 Å². The normalized spacial score (nSPS) is 16.2. The summed E-state index contributed by atoms with van der Waals surface area (Å²) in [6, 6.07) is 10.2. The number of carbonyl (C=O) groups is 1. The van der Waals surface area contributed by atoms with Gasteiger partial charge in [0, 0.05) is 23.5 Å². The number of thiocarbonyl (C=S) groups is 1. The zero-order valence-electron chi connectivity index (χ0n) is 14.5. The maximum atomic E-state index is 13.0. The Morgan fingerprint density at radius 3 is 2.64 bits per heavy atom. The first kappa shape index (κ1) is 20.1. The molecule has 10 heteroatoms. The van der Waals surface area contributed by atoms with E-state index < -0.39 is 16.9 Å². The first-order valence-electron chi connectivity index (χ1n) is 8.05. The van der Waals surface area contributed by atoms with Crippen LogP contribution in [0.1, 0.15) is 18.5 Å². The molecule has 1 aliphatic heterocycles. The van der Waals surface area contributed by atoms with Gasteiger partial charge in [0.15, 0.2) is 5.11 Å². The molecule has 2 aromatic rings. The van der Waals surface area contributed by atoms with E-state index in [2.05, 4.69) is 16.0 Å². The third-order valence-electron chi connectivity index (χ3n) is 4.11. The molecule has 0 spiro atoms. The van der Waals surface area contributed by atoms with Crippen molar-refractivity contribution >= 4 is 57.8 Å². The highest BCUT2D eigenvalue weighted by molar-refractivity contribution is 7.80. The average molecular weight is 437 g/mol. The number of amides is 1. The van der Waals surface area contributed by atoms with Crippen LogP contribution >= 0.6 is 35.4 Å². The Balaban J connectivity index is 1.96. The van der Waals surface area contributed by atoms with E-state index in [1.165, 1.54) is 18.2 Å². The van der Waals surface area contributed by atoms with Crippen molar-refractivity contribution in [1.29, 1.82) is 0 Å². The van der Waals surface area contributed by atoms with Crippen molar-refractivity contribution in [2.75, 3.05) is 5.32 Å². The summed E-state index contributed by atoms with van der Waals surface area (Å²) < 4.78 is 0. The highest BCUT2D eigenvalue weighted by atomic mass is 35.5. The standard InChI is InChI=1S/C18H14Cl2N4O3S/c1-9-15(17(25)22-11-3-2-4-12(8-11)24(26)27)16(23-18(28)21-9)10-5-6-13(19)14(20)7-10/h2-8,16H,1H3,(H,22,25)(H2,21,23,28). The second-order valence-electron chi connectivity index (χ2n) is 6.01. The van der Waals surface area contributed by atoms with Crippen LogP contribution in [-0.2, 0) is 4.79 Å². The minimum Gasteiger partial charge on any atom is -0.351 e. The number of allylic oxidation sites excluding steroid dienone is 1. The Morgan fingerprint density at radius 1 is 1.21 bits per heavy atom. The van der Waals surface area contributed by atoms with Gasteiger partial charge in [-0.05, 0) is 42.9 Å². The fourth-order valence-electron chi connectivity index (χ4n) is 2.83. The SMILES string of the molecule is CC1=C(C(=O)Nc2cccc([N+](=O)[O-])c2)C(c2ccc(Cl)c(Cl)c2)NC(=S)N1. The average Bonchev–Trinajstić information content (AvgIpc) is 2.63. The van der Waals surface area contributed by atoms with Crippen LogP contribution in [0.5, 0.6) is 0 Å². The molecule has 28 heavy (non-hydrogen) atoms. The van der Waals surface area contributed by atoms with E-state index in [4.69, 9.17) is 35.4 Å². The van der Waals surface area contributed by atoms with Gasteiger partial charge in [-0.15, -0.1) is 0 Å². The van der Waals surface area contributed by atoms with Gasteiger partial charge < -0.3 is 16.0 Å². The number of hydrogen-bond donors (Lipinski definition) is 3. The number of nitro benzene ring substituents is 1. The Bertz CT molecular complexity index is 1030. The molecule has 0 aromatic heterocycles. The number of halogens is 2. The van der Waals surface area contributed by atoms with Gasteiger partial charge in [-0.1, -0.05) is 35.3 Å². The largest absolute Gasteiger partial charge is 0.351 e. The third kappa shape index (κ3) is 4.24. The second-order valence-corrected chi connectivity index (χ2v) is 7.23. The molecule has 3 rings (SSSR count). The number of rotatable bonds is 4. The molecule has 1 aliphatic rings. The molecule has 3 N–H and O–H groups in total. The molecular formula is C18H14Cl2N4O3S. The summed E-state index contributed by atoms with van der Waals surface area (Å²) in [5.41, 5.74) is 1.81. The summed E-state index contributed by atoms with van der Waals surface area (Å²) in [7, 11) is 0. The van der Waals surface area contributed by atoms with Gasteiger partial charge in [0.1, 0.15) is 0 Å². The van der Waals surface area contributed by atoms with Crippen LogP contribution in [0.25, 0.3) is 0 Å². The quantitative estimate of drug-likeness (QED) is 0.374. The van der Waals surface area contributed by atoms with Gasteiger partial charge in [-0.2, -0.15) is 0 Å². The minimum atomic E-state index is -0.567. The molecule has 1 amide bonds. The number of non-ortho nitro benzene ring substituents is 1. The molecule has 0 saturated carbocycles. The van der Waals surface area contributed by atoms with Crippen molar-refractivity contribution in [2.45, 2.75) is 13.0 Å². The summed E-state index contributed by atoms with van der Waals surface area (Å²) in [4.78, 5) is 23.4. The number of nitrogens with one attached hydrogen (secondary N) is 3. The van der Waals surface area contributed by atoms with E-state index in [1.807, 2.05) is 0 Å². The highest BCUT2D eigenvalue weighted by Crippen LogP contribution is 2.32. The third-order valence-corrected chi connectivity index (χ3v) is 5.06. The molecule has 0 fully saturated rings. The predicted molar refractivity (Wildman–Crippen MR) is 112 cm³/mol. The van der Waals surface area contributed by atoms with Gasteiger partial charge >= 0.3 is 0 Å². The molecule has 0 radical (unpaired) electrons. The minimum absolute atomic E-state index is 0.120. The topological polar surface area (TPSA) is 96.3 Å². The van der Waals surface area contributed by atoms with Gasteiger partial charge in [0.05, 0.1) is 26.6 Å². The van der Waals surface area contributed by atoms with Crippen LogP contribution in [0.2, 0.25) is 10.0 Å². The van der Waals surface area contributed by atoms with Gasteiger partial charge in [-0.25, -0.2) is 0 Å². The number of carbonyl (C=O) groups excluding carboxylic acids is 1. The fraction of sp³-hybridized carbons (Fsp3) is 0.111. The van der Waals surface area contributed by atoms with E-state index in [1.54, 1.807) is 31.2 Å². The van der Waals surface area contributed by atoms with Crippen LogP contribution in [0.4, 0.5) is 11.4 Å². The van der Waals surface area contributed by atoms with Crippen molar-refractivity contribution in [3.05, 3.63) is 79.5 Å². The lowest BCUT2D eigenvalue weighted by molar-refractivity contribution is -0.384. The Kier molecular flexibility index (Phi) is 5.83. The zero-order chi connectivity index (χ0) is 20.4. The molecule has 1 heterocycles. The molecule has 2 aromatic carbocycles. The molecular weight excluding hydrogens is 423 g/mol. The van der Waals surface area contributed by atoms with E-state index in [0.717, 1.165) is 0 Å². The van der Waals surface area contributed by atoms with Crippen LogP contribution < -0.4 is 16.0 Å². The lowest BCUT2D eigenvalue weighted by Gasteiger charge is -2.30. The molecule has 0 aliphatic carbocycles. The molecule has 1 unspecified atom stereocenters. The summed E-state index contributed by atoms with van der Waals surface area (Å²) in [6.07, 6.45) is 0. The maximum absolute atomic E-state index is 13.0. The second kappa shape index (κ2) is 8.14. The summed E-state index contributed by atoms with van der Waals surface area (Å²) >= 11 is 17.3. The van der Waals surface area contributed by atoms with E-state index in [-0.39, 0.29) is 5.69 Å². The van der Waals surface area contributed by atoms with E-state index in [0.29, 0.717) is 37.7 Å². The first-order valence-corrected chi connectivity index (χ1v) is 9.21. The summed E-state index contributed by atoms with van der Waals surface area (Å²) in [6.45, 7) is 1.72. The number of hydrogen-bond acceptors (Lipinski definition) is 4. The summed E-state index contributed by atoms with van der Waals surface area (Å²) in [5.74, 6) is -0.434. The Morgan fingerprint density at radius 2 is 1.96 bits per heavy atom. The van der Waals surface area contributed by atoms with Gasteiger partial charge in [0.2, 0.25) is 0 Å². The maximum Gasteiger partial charge on any atom is 0.271 e. The highest BCUT2D eigenvalue weighted by Gasteiger charge is 2.30. The fourth-order valence-corrected chi connectivity index (χ4v) is 3.41. The predicted octanol–water partition coefficient (Wildman–Crippen LogP) is 4.33.